The fourth-order valence-corrected chi connectivity index (χ4v) is 0.944. The van der Waals surface area contributed by atoms with Gasteiger partial charge in [-0.1, -0.05) is 23.2 Å². The minimum Gasteiger partial charge on any atom is -0.250 e. The fraction of sp³-hybridized carbons (Fsp3) is 0.333. The van der Waals surface area contributed by atoms with Crippen molar-refractivity contribution in [2.75, 3.05) is 0 Å². The van der Waals surface area contributed by atoms with Gasteiger partial charge in [-0.25, -0.2) is 9.98 Å². The largest absolute Gasteiger partial charge is 0.272 e. The van der Waals surface area contributed by atoms with Crippen LogP contribution in [0.5, 0.6) is 0 Å². The second kappa shape index (κ2) is 2.75. The molecule has 0 aromatic heterocycles. The SMILES string of the molecule is N#CC1(Cl)N=CC=NC1(Cl)C#N. The Bertz CT molecular complexity index is 302. The average Bonchev–Trinajstić information content (AvgIpc) is 2.10. The number of halogens is 2. The first kappa shape index (κ1) is 8.99. The van der Waals surface area contributed by atoms with Gasteiger partial charge in [0.1, 0.15) is 12.1 Å². The molecule has 0 saturated heterocycles. The van der Waals surface area contributed by atoms with Crippen LogP contribution in [-0.2, 0) is 0 Å². The van der Waals surface area contributed by atoms with Crippen LogP contribution in [0.2, 0.25) is 0 Å². The Balaban J connectivity index is 3.22. The topological polar surface area (TPSA) is 72.3 Å². The smallest absolute Gasteiger partial charge is 0.250 e. The van der Waals surface area contributed by atoms with E-state index in [0.717, 1.165) is 0 Å². The lowest BCUT2D eigenvalue weighted by atomic mass is 10.1. The third kappa shape index (κ3) is 1.06. The van der Waals surface area contributed by atoms with Gasteiger partial charge in [0, 0.05) is 12.4 Å². The van der Waals surface area contributed by atoms with Gasteiger partial charge in [0.05, 0.1) is 0 Å². The van der Waals surface area contributed by atoms with Crippen molar-refractivity contribution in [2.45, 2.75) is 10.00 Å². The van der Waals surface area contributed by atoms with E-state index in [1.54, 1.807) is 12.1 Å². The van der Waals surface area contributed by atoms with Crippen LogP contribution >= 0.6 is 23.2 Å². The minimum atomic E-state index is -1.82. The summed E-state index contributed by atoms with van der Waals surface area (Å²) in [5, 5.41) is 17.2. The maximum Gasteiger partial charge on any atom is 0.272 e. The quantitative estimate of drug-likeness (QED) is 0.434. The first-order valence-electron chi connectivity index (χ1n) is 2.87. The van der Waals surface area contributed by atoms with Gasteiger partial charge in [0.2, 0.25) is 0 Å². The molecule has 1 aliphatic heterocycles. The van der Waals surface area contributed by atoms with Gasteiger partial charge in [0.25, 0.3) is 10.00 Å². The molecule has 0 fully saturated rings. The summed E-state index contributed by atoms with van der Waals surface area (Å²) in [6, 6.07) is 3.24. The second-order valence-corrected chi connectivity index (χ2v) is 3.12. The third-order valence-electron chi connectivity index (χ3n) is 1.31. The highest BCUT2D eigenvalue weighted by Gasteiger charge is 2.52. The van der Waals surface area contributed by atoms with Gasteiger partial charge in [-0.15, -0.1) is 0 Å². The minimum absolute atomic E-state index is 1.23. The molecule has 0 bridgehead atoms. The molecule has 2 atom stereocenters. The number of alkyl halides is 2. The molecule has 1 heterocycles. The summed E-state index contributed by atoms with van der Waals surface area (Å²) in [4.78, 5) is 3.52. The first-order valence-corrected chi connectivity index (χ1v) is 3.63. The maximum atomic E-state index is 8.61. The van der Waals surface area contributed by atoms with Crippen molar-refractivity contribution in [2.24, 2.45) is 9.98 Å². The zero-order valence-corrected chi connectivity index (χ0v) is 7.21. The van der Waals surface area contributed by atoms with Crippen LogP contribution in [0.3, 0.4) is 0 Å². The van der Waals surface area contributed by atoms with Crippen molar-refractivity contribution < 1.29 is 0 Å². The summed E-state index contributed by atoms with van der Waals surface area (Å²) < 4.78 is 0. The third-order valence-corrected chi connectivity index (χ3v) is 2.31. The highest BCUT2D eigenvalue weighted by Crippen LogP contribution is 2.38. The Morgan fingerprint density at radius 1 is 1.00 bits per heavy atom. The van der Waals surface area contributed by atoms with Crippen LogP contribution in [0.25, 0.3) is 0 Å². The molecule has 4 nitrogen and oxygen atoms in total. The molecule has 2 unspecified atom stereocenters. The average molecular weight is 201 g/mol. The van der Waals surface area contributed by atoms with Gasteiger partial charge in [0.15, 0.2) is 0 Å². The molecule has 60 valence electrons. The lowest BCUT2D eigenvalue weighted by Crippen LogP contribution is -2.42. The maximum absolute atomic E-state index is 8.61. The number of nitrogens with zero attached hydrogens (tertiary/aromatic N) is 4. The summed E-state index contributed by atoms with van der Waals surface area (Å²) in [5.74, 6) is 0. The van der Waals surface area contributed by atoms with Gasteiger partial charge >= 0.3 is 0 Å². The molecule has 1 aliphatic rings. The summed E-state index contributed by atoms with van der Waals surface area (Å²) in [6.45, 7) is 0. The van der Waals surface area contributed by atoms with Crippen LogP contribution in [-0.4, -0.2) is 22.4 Å². The Labute approximate surface area is 78.7 Å². The number of hydrogen-bond donors (Lipinski definition) is 0. The van der Waals surface area contributed by atoms with Gasteiger partial charge < -0.3 is 0 Å². The van der Waals surface area contributed by atoms with Crippen molar-refractivity contribution >= 4 is 35.6 Å². The molecular formula is C6H2Cl2N4. The van der Waals surface area contributed by atoms with Crippen molar-refractivity contribution in [3.8, 4) is 12.1 Å². The summed E-state index contributed by atoms with van der Waals surface area (Å²) >= 11 is 11.3. The van der Waals surface area contributed by atoms with E-state index in [0.29, 0.717) is 0 Å². The molecule has 0 aromatic carbocycles. The van der Waals surface area contributed by atoms with Crippen molar-refractivity contribution in [1.29, 1.82) is 10.5 Å². The molecule has 0 spiro atoms. The summed E-state index contributed by atoms with van der Waals surface area (Å²) in [6.07, 6.45) is 2.46. The van der Waals surface area contributed by atoms with E-state index in [1.165, 1.54) is 12.4 Å². The molecule has 0 N–H and O–H groups in total. The van der Waals surface area contributed by atoms with Crippen LogP contribution in [0.4, 0.5) is 0 Å². The van der Waals surface area contributed by atoms with E-state index >= 15 is 0 Å². The fourth-order valence-electron chi connectivity index (χ4n) is 0.649. The van der Waals surface area contributed by atoms with Crippen LogP contribution in [0.15, 0.2) is 9.98 Å². The predicted molar refractivity (Wildman–Crippen MR) is 45.4 cm³/mol. The Kier molecular flexibility index (Phi) is 2.06. The second-order valence-electron chi connectivity index (χ2n) is 2.02. The zero-order chi connectivity index (χ0) is 9.24. The van der Waals surface area contributed by atoms with Gasteiger partial charge in [-0.2, -0.15) is 10.5 Å². The lowest BCUT2D eigenvalue weighted by Gasteiger charge is -2.25. The number of hydrogen-bond acceptors (Lipinski definition) is 4. The summed E-state index contributed by atoms with van der Waals surface area (Å²) in [5.41, 5.74) is 0. The zero-order valence-electron chi connectivity index (χ0n) is 5.70. The number of rotatable bonds is 0. The van der Waals surface area contributed by atoms with Gasteiger partial charge in [-0.3, -0.25) is 0 Å². The highest BCUT2D eigenvalue weighted by atomic mass is 35.5. The van der Waals surface area contributed by atoms with E-state index in [1.807, 2.05) is 0 Å². The first-order chi connectivity index (χ1) is 5.58. The normalized spacial score (nSPS) is 38.7. The van der Waals surface area contributed by atoms with Crippen LogP contribution in [0.1, 0.15) is 0 Å². The lowest BCUT2D eigenvalue weighted by molar-refractivity contribution is 0.609. The van der Waals surface area contributed by atoms with Crippen molar-refractivity contribution in [1.82, 2.24) is 0 Å². The van der Waals surface area contributed by atoms with E-state index < -0.39 is 10.00 Å². The Hall–Kier alpha value is -1.10. The van der Waals surface area contributed by atoms with Gasteiger partial charge in [-0.05, 0) is 0 Å². The van der Waals surface area contributed by atoms with Crippen molar-refractivity contribution in [3.63, 3.8) is 0 Å². The molecule has 0 aliphatic carbocycles. The monoisotopic (exact) mass is 200 g/mol. The van der Waals surface area contributed by atoms with E-state index in [-0.39, 0.29) is 0 Å². The van der Waals surface area contributed by atoms with E-state index in [9.17, 15) is 0 Å². The molecular weight excluding hydrogens is 199 g/mol. The van der Waals surface area contributed by atoms with Crippen LogP contribution < -0.4 is 0 Å². The molecule has 6 heteroatoms. The van der Waals surface area contributed by atoms with Crippen LogP contribution in [0, 0.1) is 22.7 Å². The summed E-state index contributed by atoms with van der Waals surface area (Å²) in [7, 11) is 0. The Morgan fingerprint density at radius 2 is 1.33 bits per heavy atom. The molecule has 0 radical (unpaired) electrons. The predicted octanol–water partition coefficient (Wildman–Crippen LogP) is 1.06. The molecule has 12 heavy (non-hydrogen) atoms. The molecule has 0 saturated carbocycles. The molecule has 0 aromatic rings. The van der Waals surface area contributed by atoms with E-state index in [4.69, 9.17) is 33.7 Å². The number of nitriles is 2. The Morgan fingerprint density at radius 3 is 1.58 bits per heavy atom. The molecule has 0 amide bonds. The highest BCUT2D eigenvalue weighted by molar-refractivity contribution is 6.39. The molecule has 1 rings (SSSR count). The number of aliphatic imine (C=N–C) groups is 2. The van der Waals surface area contributed by atoms with Crippen molar-refractivity contribution in [3.05, 3.63) is 0 Å². The standard InChI is InChI=1S/C6H2Cl2N4/c7-5(3-9)6(8,4-10)12-2-1-11-5/h1-2H. The van der Waals surface area contributed by atoms with E-state index in [2.05, 4.69) is 9.98 Å².